The highest BCUT2D eigenvalue weighted by atomic mass is 79.9. The fraction of sp³-hybridized carbons (Fsp3) is 0.400. The summed E-state index contributed by atoms with van der Waals surface area (Å²) >= 11 is 3.24. The van der Waals surface area contributed by atoms with Crippen molar-refractivity contribution < 1.29 is 14.0 Å². The highest BCUT2D eigenvalue weighted by Crippen LogP contribution is 2.14. The maximum atomic E-state index is 13.5. The van der Waals surface area contributed by atoms with Gasteiger partial charge < -0.3 is 4.90 Å². The van der Waals surface area contributed by atoms with E-state index in [9.17, 15) is 14.0 Å². The monoisotopic (exact) mass is 369 g/mol. The minimum Gasteiger partial charge on any atom is -0.333 e. The molecule has 7 heteroatoms. The number of nitrogens with one attached hydrogen (secondary N) is 1. The summed E-state index contributed by atoms with van der Waals surface area (Å²) < 4.78 is 14.2. The third-order valence-corrected chi connectivity index (χ3v) is 3.85. The average molecular weight is 370 g/mol. The molecule has 1 N–H and O–H groups in total. The Hall–Kier alpha value is -1.76. The molecular weight excluding hydrogens is 353 g/mol. The Labute approximate surface area is 136 Å². The summed E-state index contributed by atoms with van der Waals surface area (Å²) in [5, 5.41) is 3.73. The molecule has 0 radical (unpaired) electrons. The van der Waals surface area contributed by atoms with Crippen LogP contribution in [-0.2, 0) is 9.59 Å². The van der Waals surface area contributed by atoms with Crippen LogP contribution in [0.1, 0.15) is 31.2 Å². The number of carbonyl (C=O) groups is 2. The molecule has 1 aromatic carbocycles. The quantitative estimate of drug-likeness (QED) is 0.654. The van der Waals surface area contributed by atoms with Crippen LogP contribution in [0.25, 0.3) is 0 Å². The molecule has 0 atom stereocenters. The number of nitrogens with zero attached hydrogens (tertiary/aromatic N) is 2. The molecule has 2 amide bonds. The maximum absolute atomic E-state index is 13.5. The zero-order chi connectivity index (χ0) is 15.9. The lowest BCUT2D eigenvalue weighted by Gasteiger charge is -2.18. The molecule has 0 spiro atoms. The summed E-state index contributed by atoms with van der Waals surface area (Å²) in [6.45, 7) is 0.577. The Morgan fingerprint density at radius 3 is 3.05 bits per heavy atom. The average Bonchev–Trinajstić information content (AvgIpc) is 2.68. The van der Waals surface area contributed by atoms with Crippen LogP contribution in [0, 0.1) is 5.82 Å². The number of benzene rings is 1. The van der Waals surface area contributed by atoms with Crippen molar-refractivity contribution in [1.82, 2.24) is 10.3 Å². The first-order valence-corrected chi connectivity index (χ1v) is 7.90. The summed E-state index contributed by atoms with van der Waals surface area (Å²) in [6, 6.07) is 4.45. The van der Waals surface area contributed by atoms with Gasteiger partial charge in [-0.1, -0.05) is 22.4 Å². The van der Waals surface area contributed by atoms with E-state index in [-0.39, 0.29) is 23.9 Å². The third-order valence-electron chi connectivity index (χ3n) is 3.36. The molecular formula is C15H17BrFN3O2. The van der Waals surface area contributed by atoms with Crippen molar-refractivity contribution in [3.63, 3.8) is 0 Å². The predicted octanol–water partition coefficient (Wildman–Crippen LogP) is 2.44. The van der Waals surface area contributed by atoms with Gasteiger partial charge in [0.05, 0.1) is 6.21 Å². The minimum absolute atomic E-state index is 0.00494. The molecule has 0 aliphatic carbocycles. The van der Waals surface area contributed by atoms with Crippen LogP contribution >= 0.6 is 15.9 Å². The number of carbonyl (C=O) groups excluding carboxylic acids is 2. The van der Waals surface area contributed by atoms with Crippen LogP contribution in [0.15, 0.2) is 27.8 Å². The molecule has 22 heavy (non-hydrogen) atoms. The van der Waals surface area contributed by atoms with Gasteiger partial charge in [0.15, 0.2) is 0 Å². The SMILES string of the molecule is O=C(CN1CCCCCC1=O)N/N=C\c1cc(Br)ccc1F. The summed E-state index contributed by atoms with van der Waals surface area (Å²) in [5.41, 5.74) is 2.59. The summed E-state index contributed by atoms with van der Waals surface area (Å²) in [7, 11) is 0. The van der Waals surface area contributed by atoms with Crippen molar-refractivity contribution in [3.05, 3.63) is 34.1 Å². The summed E-state index contributed by atoms with van der Waals surface area (Å²) in [4.78, 5) is 25.1. The fourth-order valence-corrected chi connectivity index (χ4v) is 2.58. The van der Waals surface area contributed by atoms with E-state index in [1.165, 1.54) is 17.2 Å². The Bertz CT molecular complexity index is 592. The van der Waals surface area contributed by atoms with Gasteiger partial charge in [0, 0.05) is 23.0 Å². The van der Waals surface area contributed by atoms with E-state index in [4.69, 9.17) is 0 Å². The normalized spacial score (nSPS) is 15.9. The van der Waals surface area contributed by atoms with Crippen molar-refractivity contribution in [2.24, 2.45) is 5.10 Å². The van der Waals surface area contributed by atoms with E-state index in [1.54, 1.807) is 12.1 Å². The maximum Gasteiger partial charge on any atom is 0.259 e. The molecule has 1 aromatic rings. The molecule has 1 heterocycles. The Kier molecular flexibility index (Phi) is 6.06. The van der Waals surface area contributed by atoms with E-state index in [2.05, 4.69) is 26.5 Å². The molecule has 5 nitrogen and oxygen atoms in total. The highest BCUT2D eigenvalue weighted by molar-refractivity contribution is 9.10. The van der Waals surface area contributed by atoms with Gasteiger partial charge in [-0.3, -0.25) is 9.59 Å². The molecule has 0 aromatic heterocycles. The summed E-state index contributed by atoms with van der Waals surface area (Å²) in [5.74, 6) is -0.819. The van der Waals surface area contributed by atoms with Crippen LogP contribution in [0.5, 0.6) is 0 Å². The van der Waals surface area contributed by atoms with Gasteiger partial charge in [-0.15, -0.1) is 0 Å². The molecule has 0 unspecified atom stereocenters. The third kappa shape index (κ3) is 4.91. The first-order chi connectivity index (χ1) is 10.6. The summed E-state index contributed by atoms with van der Waals surface area (Å²) in [6.07, 6.45) is 4.51. The molecule has 1 aliphatic heterocycles. The second-order valence-electron chi connectivity index (χ2n) is 5.08. The van der Waals surface area contributed by atoms with Gasteiger partial charge in [-0.25, -0.2) is 9.82 Å². The second-order valence-corrected chi connectivity index (χ2v) is 6.00. The van der Waals surface area contributed by atoms with Gasteiger partial charge >= 0.3 is 0 Å². The zero-order valence-electron chi connectivity index (χ0n) is 12.0. The first kappa shape index (κ1) is 16.6. The number of hydrogen-bond donors (Lipinski definition) is 1. The first-order valence-electron chi connectivity index (χ1n) is 7.11. The smallest absolute Gasteiger partial charge is 0.259 e. The standard InChI is InChI=1S/C15H17BrFN3O2/c16-12-5-6-13(17)11(8-12)9-18-19-14(21)10-20-7-3-1-2-4-15(20)22/h5-6,8-9H,1-4,7,10H2,(H,19,21)/b18-9-. The van der Waals surface area contributed by atoms with Crippen LogP contribution < -0.4 is 5.43 Å². The lowest BCUT2D eigenvalue weighted by molar-refractivity contribution is -0.135. The molecule has 0 saturated carbocycles. The lowest BCUT2D eigenvalue weighted by atomic mass is 10.2. The van der Waals surface area contributed by atoms with E-state index in [1.807, 2.05) is 0 Å². The van der Waals surface area contributed by atoms with Crippen LogP contribution in [0.2, 0.25) is 0 Å². The van der Waals surface area contributed by atoms with Crippen LogP contribution in [0.3, 0.4) is 0 Å². The van der Waals surface area contributed by atoms with Gasteiger partial charge in [0.1, 0.15) is 12.4 Å². The predicted molar refractivity (Wildman–Crippen MR) is 84.9 cm³/mol. The minimum atomic E-state index is -0.427. The molecule has 1 aliphatic rings. The van der Waals surface area contributed by atoms with Crippen molar-refractivity contribution in [3.8, 4) is 0 Å². The van der Waals surface area contributed by atoms with E-state index >= 15 is 0 Å². The topological polar surface area (TPSA) is 61.8 Å². The number of hydrogen-bond acceptors (Lipinski definition) is 3. The van der Waals surface area contributed by atoms with Gasteiger partial charge in [-0.05, 0) is 31.0 Å². The van der Waals surface area contributed by atoms with Gasteiger partial charge in [0.25, 0.3) is 5.91 Å². The Balaban J connectivity index is 1.88. The number of rotatable bonds is 4. The lowest BCUT2D eigenvalue weighted by Crippen LogP contribution is -2.39. The zero-order valence-corrected chi connectivity index (χ0v) is 13.6. The molecule has 0 bridgehead atoms. The largest absolute Gasteiger partial charge is 0.333 e. The van der Waals surface area contributed by atoms with Crippen molar-refractivity contribution in [2.45, 2.75) is 25.7 Å². The second kappa shape index (κ2) is 8.03. The van der Waals surface area contributed by atoms with Crippen LogP contribution in [-0.4, -0.2) is 36.0 Å². The van der Waals surface area contributed by atoms with Gasteiger partial charge in [-0.2, -0.15) is 5.10 Å². The molecule has 1 saturated heterocycles. The highest BCUT2D eigenvalue weighted by Gasteiger charge is 2.18. The van der Waals surface area contributed by atoms with E-state index in [0.29, 0.717) is 13.0 Å². The van der Waals surface area contributed by atoms with Gasteiger partial charge in [0.2, 0.25) is 5.91 Å². The number of amides is 2. The van der Waals surface area contributed by atoms with E-state index in [0.717, 1.165) is 23.7 Å². The Morgan fingerprint density at radius 1 is 1.41 bits per heavy atom. The molecule has 118 valence electrons. The molecule has 2 rings (SSSR count). The Morgan fingerprint density at radius 2 is 2.23 bits per heavy atom. The molecule has 1 fully saturated rings. The van der Waals surface area contributed by atoms with Crippen molar-refractivity contribution in [1.29, 1.82) is 0 Å². The fourth-order valence-electron chi connectivity index (χ4n) is 2.20. The number of likely N-dealkylation sites (tertiary alicyclic amines) is 1. The van der Waals surface area contributed by atoms with Crippen LogP contribution in [0.4, 0.5) is 4.39 Å². The van der Waals surface area contributed by atoms with Crippen molar-refractivity contribution in [2.75, 3.05) is 13.1 Å². The number of halogens is 2. The number of hydrazone groups is 1. The van der Waals surface area contributed by atoms with E-state index < -0.39 is 5.82 Å². The van der Waals surface area contributed by atoms with Crippen molar-refractivity contribution >= 4 is 34.0 Å².